The van der Waals surface area contributed by atoms with Gasteiger partial charge in [0, 0.05) is 6.07 Å². The van der Waals surface area contributed by atoms with Crippen LogP contribution < -0.4 is 5.56 Å². The van der Waals surface area contributed by atoms with E-state index in [2.05, 4.69) is 5.10 Å². The van der Waals surface area contributed by atoms with Gasteiger partial charge in [0.1, 0.15) is 0 Å². The first-order valence-corrected chi connectivity index (χ1v) is 9.02. The largest absolute Gasteiger partial charge is 0.464 e. The maximum Gasteiger partial charge on any atom is 0.357 e. The lowest BCUT2D eigenvalue weighted by atomic mass is 10.1. The van der Waals surface area contributed by atoms with Gasteiger partial charge >= 0.3 is 5.97 Å². The summed E-state index contributed by atoms with van der Waals surface area (Å²) in [6.45, 7) is 2.09. The molecule has 0 amide bonds. The zero-order chi connectivity index (χ0) is 20.1. The Hall–Kier alpha value is -3.32. The highest BCUT2D eigenvalue weighted by Crippen LogP contribution is 2.08. The van der Waals surface area contributed by atoms with E-state index in [4.69, 9.17) is 17.0 Å². The minimum absolute atomic E-state index is 0.0166. The first-order chi connectivity index (χ1) is 13.5. The molecule has 0 aliphatic heterocycles. The maximum absolute atomic E-state index is 12.6. The summed E-state index contributed by atoms with van der Waals surface area (Å²) in [7, 11) is 1.25. The Balaban J connectivity index is 2.18. The summed E-state index contributed by atoms with van der Waals surface area (Å²) >= 11 is 5.51. The van der Waals surface area contributed by atoms with Crippen molar-refractivity contribution in [2.75, 3.05) is 7.11 Å². The summed E-state index contributed by atoms with van der Waals surface area (Å²) in [6, 6.07) is 20.2. The lowest BCUT2D eigenvalue weighted by Gasteiger charge is -2.13. The van der Waals surface area contributed by atoms with Gasteiger partial charge < -0.3 is 4.74 Å². The molecule has 0 saturated carbocycles. The normalized spacial score (nSPS) is 11.3. The molecular weight excluding hydrogens is 374 g/mol. The monoisotopic (exact) mass is 393 g/mol. The molecular formula is C21H19N3O3S. The van der Waals surface area contributed by atoms with E-state index in [-0.39, 0.29) is 17.0 Å². The van der Waals surface area contributed by atoms with E-state index in [0.717, 1.165) is 11.1 Å². The first kappa shape index (κ1) is 19.4. The SMILES string of the molecule is COC(=O)c1cc(=O)n(Cc2ccccc2)c(=S)n1/N=C(/C)c1ccccc1. The Labute approximate surface area is 167 Å². The van der Waals surface area contributed by atoms with Crippen LogP contribution >= 0.6 is 12.2 Å². The predicted octanol–water partition coefficient (Wildman–Crippen LogP) is 3.49. The van der Waals surface area contributed by atoms with Crippen molar-refractivity contribution in [3.8, 4) is 0 Å². The molecule has 2 aromatic carbocycles. The van der Waals surface area contributed by atoms with Crippen molar-refractivity contribution >= 4 is 23.9 Å². The van der Waals surface area contributed by atoms with Crippen molar-refractivity contribution in [1.82, 2.24) is 9.24 Å². The third-order valence-corrected chi connectivity index (χ3v) is 4.58. The smallest absolute Gasteiger partial charge is 0.357 e. The summed E-state index contributed by atoms with van der Waals surface area (Å²) in [5.74, 6) is -0.681. The van der Waals surface area contributed by atoms with Gasteiger partial charge in [0.25, 0.3) is 5.56 Å². The fourth-order valence-electron chi connectivity index (χ4n) is 2.71. The molecule has 0 atom stereocenters. The molecule has 0 fully saturated rings. The van der Waals surface area contributed by atoms with Gasteiger partial charge in [0.2, 0.25) is 4.77 Å². The fraction of sp³-hybridized carbons (Fsp3) is 0.143. The van der Waals surface area contributed by atoms with Crippen LogP contribution in [0.1, 0.15) is 28.5 Å². The number of methoxy groups -OCH3 is 1. The van der Waals surface area contributed by atoms with Crippen LogP contribution in [0.2, 0.25) is 0 Å². The summed E-state index contributed by atoms with van der Waals surface area (Å²) in [5.41, 5.74) is 2.03. The van der Waals surface area contributed by atoms with Crippen molar-refractivity contribution in [3.05, 3.63) is 98.7 Å². The Bertz CT molecular complexity index is 1130. The summed E-state index contributed by atoms with van der Waals surface area (Å²) in [4.78, 5) is 24.8. The molecule has 1 heterocycles. The zero-order valence-corrected chi connectivity index (χ0v) is 16.3. The molecule has 3 aromatic rings. The number of benzene rings is 2. The van der Waals surface area contributed by atoms with Gasteiger partial charge in [0.15, 0.2) is 5.69 Å². The number of carbonyl (C=O) groups is 1. The predicted molar refractivity (Wildman–Crippen MR) is 110 cm³/mol. The number of esters is 1. The molecule has 3 rings (SSSR count). The summed E-state index contributed by atoms with van der Waals surface area (Å²) in [5, 5.41) is 4.51. The highest BCUT2D eigenvalue weighted by atomic mass is 32.1. The molecule has 1 aromatic heterocycles. The second-order valence-electron chi connectivity index (χ2n) is 6.08. The van der Waals surface area contributed by atoms with Gasteiger partial charge in [-0.3, -0.25) is 9.36 Å². The van der Waals surface area contributed by atoms with Crippen molar-refractivity contribution < 1.29 is 9.53 Å². The van der Waals surface area contributed by atoms with Crippen molar-refractivity contribution in [2.45, 2.75) is 13.5 Å². The Morgan fingerprint density at radius 1 is 1.07 bits per heavy atom. The van der Waals surface area contributed by atoms with Crippen LogP contribution in [0.25, 0.3) is 0 Å². The van der Waals surface area contributed by atoms with Crippen molar-refractivity contribution in [3.63, 3.8) is 0 Å². The molecule has 0 saturated heterocycles. The van der Waals surface area contributed by atoms with Gasteiger partial charge in [-0.2, -0.15) is 9.78 Å². The highest BCUT2D eigenvalue weighted by molar-refractivity contribution is 7.71. The second kappa shape index (κ2) is 8.58. The average molecular weight is 393 g/mol. The number of carbonyl (C=O) groups excluding carboxylic acids is 1. The van der Waals surface area contributed by atoms with E-state index in [9.17, 15) is 9.59 Å². The van der Waals surface area contributed by atoms with Crippen LogP contribution in [0.5, 0.6) is 0 Å². The molecule has 0 spiro atoms. The van der Waals surface area contributed by atoms with Crippen LogP contribution in [-0.4, -0.2) is 28.0 Å². The minimum atomic E-state index is -0.681. The van der Waals surface area contributed by atoms with Gasteiger partial charge in [0.05, 0.1) is 19.4 Å². The number of hydrogen-bond acceptors (Lipinski definition) is 5. The number of ether oxygens (including phenoxy) is 1. The molecule has 0 aliphatic carbocycles. The van der Waals surface area contributed by atoms with E-state index < -0.39 is 11.5 Å². The number of aromatic nitrogens is 2. The molecule has 7 heteroatoms. The van der Waals surface area contributed by atoms with E-state index in [1.807, 2.05) is 67.6 Å². The van der Waals surface area contributed by atoms with Crippen LogP contribution in [0.15, 0.2) is 76.6 Å². The topological polar surface area (TPSA) is 65.6 Å². The Kier molecular flexibility index (Phi) is 5.96. The van der Waals surface area contributed by atoms with E-state index in [1.54, 1.807) is 0 Å². The third-order valence-electron chi connectivity index (χ3n) is 4.19. The first-order valence-electron chi connectivity index (χ1n) is 8.61. The van der Waals surface area contributed by atoms with Crippen LogP contribution in [0, 0.1) is 4.77 Å². The lowest BCUT2D eigenvalue weighted by Crippen LogP contribution is -2.28. The quantitative estimate of drug-likeness (QED) is 0.378. The van der Waals surface area contributed by atoms with E-state index in [0.29, 0.717) is 5.71 Å². The number of hydrogen-bond donors (Lipinski definition) is 0. The van der Waals surface area contributed by atoms with Gasteiger partial charge in [-0.25, -0.2) is 4.79 Å². The van der Waals surface area contributed by atoms with Crippen LogP contribution in [-0.2, 0) is 11.3 Å². The molecule has 0 bridgehead atoms. The van der Waals surface area contributed by atoms with Crippen molar-refractivity contribution in [1.29, 1.82) is 0 Å². The third kappa shape index (κ3) is 4.15. The standard InChI is InChI=1S/C21H19N3O3S/c1-15(17-11-7-4-8-12-17)22-24-18(20(26)27-2)13-19(25)23(21(24)28)14-16-9-5-3-6-10-16/h3-13H,14H2,1-2H3/b22-15-. The fourth-order valence-corrected chi connectivity index (χ4v) is 3.01. The maximum atomic E-state index is 12.6. The minimum Gasteiger partial charge on any atom is -0.464 e. The molecule has 28 heavy (non-hydrogen) atoms. The Morgan fingerprint density at radius 2 is 1.68 bits per heavy atom. The number of nitrogens with zero attached hydrogens (tertiary/aromatic N) is 3. The van der Waals surface area contributed by atoms with E-state index >= 15 is 0 Å². The molecule has 0 unspecified atom stereocenters. The van der Waals surface area contributed by atoms with Gasteiger partial charge in [-0.15, -0.1) is 0 Å². The van der Waals surface area contributed by atoms with Gasteiger partial charge in [-0.05, 0) is 30.3 Å². The average Bonchev–Trinajstić information content (AvgIpc) is 2.73. The second-order valence-corrected chi connectivity index (χ2v) is 6.44. The zero-order valence-electron chi connectivity index (χ0n) is 15.5. The van der Waals surface area contributed by atoms with Crippen LogP contribution in [0.4, 0.5) is 0 Å². The molecule has 142 valence electrons. The molecule has 0 radical (unpaired) electrons. The van der Waals surface area contributed by atoms with E-state index in [1.165, 1.54) is 22.4 Å². The molecule has 0 aliphatic rings. The lowest BCUT2D eigenvalue weighted by molar-refractivity contribution is 0.0587. The number of rotatable bonds is 5. The Morgan fingerprint density at radius 3 is 2.29 bits per heavy atom. The molecule has 0 N–H and O–H groups in total. The van der Waals surface area contributed by atoms with Crippen molar-refractivity contribution in [2.24, 2.45) is 5.10 Å². The molecule has 6 nitrogen and oxygen atoms in total. The highest BCUT2D eigenvalue weighted by Gasteiger charge is 2.16. The van der Waals surface area contributed by atoms with Gasteiger partial charge in [-0.1, -0.05) is 60.7 Å². The summed E-state index contributed by atoms with van der Waals surface area (Å²) < 4.78 is 7.61. The summed E-state index contributed by atoms with van der Waals surface area (Å²) in [6.07, 6.45) is 0. The van der Waals surface area contributed by atoms with Crippen LogP contribution in [0.3, 0.4) is 0 Å².